The van der Waals surface area contributed by atoms with Crippen LogP contribution in [0.1, 0.15) is 0 Å². The van der Waals surface area contributed by atoms with Crippen LogP contribution in [0.4, 0.5) is 34.1 Å². The molecule has 0 N–H and O–H groups in total. The lowest BCUT2D eigenvalue weighted by atomic mass is 9.97. The van der Waals surface area contributed by atoms with Gasteiger partial charge in [0, 0.05) is 61.4 Å². The normalized spacial score (nSPS) is 11.5. The lowest BCUT2D eigenvalue weighted by Crippen LogP contribution is -2.13. The maximum Gasteiger partial charge on any atom is 0.136 e. The van der Waals surface area contributed by atoms with E-state index in [1.54, 1.807) is 0 Å². The first-order valence-electron chi connectivity index (χ1n) is 21.1. The first-order chi connectivity index (χ1) is 30.7. The first-order valence-corrected chi connectivity index (χ1v) is 21.1. The van der Waals surface area contributed by atoms with Crippen molar-refractivity contribution in [1.82, 2.24) is 4.57 Å². The van der Waals surface area contributed by atoms with Gasteiger partial charge in [-0.2, -0.15) is 0 Å². The van der Waals surface area contributed by atoms with E-state index in [0.29, 0.717) is 0 Å². The number of anilines is 6. The summed E-state index contributed by atoms with van der Waals surface area (Å²) in [7, 11) is 0. The Morgan fingerprint density at radius 1 is 0.323 bits per heavy atom. The minimum absolute atomic E-state index is 0.883. The van der Waals surface area contributed by atoms with Crippen LogP contribution < -0.4 is 9.80 Å². The molecule has 0 spiro atoms. The Balaban J connectivity index is 1.01. The largest absolute Gasteiger partial charge is 0.456 e. The zero-order chi connectivity index (χ0) is 41.0. The Hall–Kier alpha value is -8.34. The predicted molar refractivity (Wildman–Crippen MR) is 260 cm³/mol. The number of hydrogen-bond donors (Lipinski definition) is 0. The summed E-state index contributed by atoms with van der Waals surface area (Å²) < 4.78 is 8.88. The lowest BCUT2D eigenvalue weighted by Gasteiger charge is -2.29. The van der Waals surface area contributed by atoms with Crippen molar-refractivity contribution < 1.29 is 4.42 Å². The minimum Gasteiger partial charge on any atom is -0.456 e. The van der Waals surface area contributed by atoms with Gasteiger partial charge in [0.15, 0.2) is 0 Å². The van der Waals surface area contributed by atoms with Gasteiger partial charge in [-0.05, 0) is 125 Å². The Bertz CT molecular complexity index is 3590. The number of hydrogen-bond acceptors (Lipinski definition) is 3. The van der Waals surface area contributed by atoms with E-state index >= 15 is 0 Å². The fourth-order valence-corrected chi connectivity index (χ4v) is 9.34. The van der Waals surface area contributed by atoms with E-state index in [2.05, 4.69) is 251 Å². The van der Waals surface area contributed by atoms with Crippen LogP contribution >= 0.6 is 0 Å². The zero-order valence-electron chi connectivity index (χ0n) is 33.8. The highest BCUT2D eigenvalue weighted by Crippen LogP contribution is 2.44. The van der Waals surface area contributed by atoms with Crippen molar-refractivity contribution in [2.75, 3.05) is 9.80 Å². The quantitative estimate of drug-likeness (QED) is 0.153. The molecular weight excluding hydrogens is 755 g/mol. The Morgan fingerprint density at radius 3 is 1.60 bits per heavy atom. The van der Waals surface area contributed by atoms with Crippen LogP contribution in [-0.4, -0.2) is 4.57 Å². The van der Waals surface area contributed by atoms with Gasteiger partial charge in [0.25, 0.3) is 0 Å². The van der Waals surface area contributed by atoms with Crippen LogP contribution in [0.3, 0.4) is 0 Å². The summed E-state index contributed by atoms with van der Waals surface area (Å²) in [5.41, 5.74) is 13.9. The zero-order valence-corrected chi connectivity index (χ0v) is 33.8. The molecule has 0 aliphatic heterocycles. The molecule has 2 heterocycles. The molecule has 0 atom stereocenters. The molecule has 0 aliphatic rings. The van der Waals surface area contributed by atoms with Crippen molar-refractivity contribution in [3.05, 3.63) is 237 Å². The highest BCUT2D eigenvalue weighted by molar-refractivity contribution is 6.16. The molecule has 0 saturated heterocycles. The van der Waals surface area contributed by atoms with E-state index in [-0.39, 0.29) is 0 Å². The van der Waals surface area contributed by atoms with E-state index in [1.807, 2.05) is 0 Å². The standard InChI is InChI=1S/C58H39N3O/c1-4-20-43(21-5-1)59(46-26-14-19-42(35-46)50-30-16-32-56-58(50)53-36-40-17-10-11-18-41(40)37-57(53)62-56)47-27-15-28-48(38-47)60(44-22-6-2-7-23-44)49-33-34-52-51-29-12-13-31-54(51)61(55(52)39-49)45-24-8-3-9-25-45/h1-39H. The van der Waals surface area contributed by atoms with E-state index in [4.69, 9.17) is 4.42 Å². The second kappa shape index (κ2) is 14.7. The van der Waals surface area contributed by atoms with Crippen molar-refractivity contribution in [3.63, 3.8) is 0 Å². The highest BCUT2D eigenvalue weighted by atomic mass is 16.3. The number of fused-ring (bicyclic) bond motifs is 7. The monoisotopic (exact) mass is 793 g/mol. The molecule has 292 valence electrons. The molecule has 2 aromatic heterocycles. The van der Waals surface area contributed by atoms with Crippen LogP contribution in [0.5, 0.6) is 0 Å². The summed E-state index contributed by atoms with van der Waals surface area (Å²) in [4.78, 5) is 4.72. The maximum absolute atomic E-state index is 6.50. The second-order valence-electron chi connectivity index (χ2n) is 15.8. The van der Waals surface area contributed by atoms with Crippen LogP contribution in [-0.2, 0) is 0 Å². The lowest BCUT2D eigenvalue weighted by molar-refractivity contribution is 0.669. The first kappa shape index (κ1) is 35.6. The summed E-state index contributed by atoms with van der Waals surface area (Å²) in [5.74, 6) is 0. The Morgan fingerprint density at radius 2 is 0.871 bits per heavy atom. The summed E-state index contributed by atoms with van der Waals surface area (Å²) in [6.07, 6.45) is 0. The third-order valence-electron chi connectivity index (χ3n) is 12.1. The third-order valence-corrected chi connectivity index (χ3v) is 12.1. The summed E-state index contributed by atoms with van der Waals surface area (Å²) in [5, 5.41) is 7.07. The summed E-state index contributed by atoms with van der Waals surface area (Å²) in [6.45, 7) is 0. The van der Waals surface area contributed by atoms with Gasteiger partial charge in [0.05, 0.1) is 11.0 Å². The molecule has 0 saturated carbocycles. The number of rotatable bonds is 8. The van der Waals surface area contributed by atoms with Crippen LogP contribution in [0.15, 0.2) is 241 Å². The average Bonchev–Trinajstić information content (AvgIpc) is 3.87. The van der Waals surface area contributed by atoms with E-state index in [9.17, 15) is 0 Å². The Labute approximate surface area is 359 Å². The summed E-state index contributed by atoms with van der Waals surface area (Å²) in [6, 6.07) is 84.6. The van der Waals surface area contributed by atoms with Gasteiger partial charge in [0.2, 0.25) is 0 Å². The van der Waals surface area contributed by atoms with Crippen LogP contribution in [0, 0.1) is 0 Å². The molecular formula is C58H39N3O. The molecule has 0 unspecified atom stereocenters. The van der Waals surface area contributed by atoms with Crippen LogP contribution in [0.25, 0.3) is 71.3 Å². The SMILES string of the molecule is c1ccc(N(c2cccc(-c3cccc4oc5cc6ccccc6cc5c34)c2)c2cccc(N(c3ccccc3)c3ccc4c5ccccc5n(-c5ccccc5)c4c3)c2)cc1. The van der Waals surface area contributed by atoms with Gasteiger partial charge in [-0.15, -0.1) is 0 Å². The molecule has 12 rings (SSSR count). The minimum atomic E-state index is 0.883. The van der Waals surface area contributed by atoms with Crippen molar-refractivity contribution in [1.29, 1.82) is 0 Å². The summed E-state index contributed by atoms with van der Waals surface area (Å²) >= 11 is 0. The third kappa shape index (κ3) is 6.00. The van der Waals surface area contributed by atoms with Gasteiger partial charge < -0.3 is 18.8 Å². The van der Waals surface area contributed by atoms with Crippen molar-refractivity contribution in [2.45, 2.75) is 0 Å². The van der Waals surface area contributed by atoms with E-state index < -0.39 is 0 Å². The molecule has 0 amide bonds. The Kier molecular flexibility index (Phi) is 8.46. The molecule has 0 fully saturated rings. The molecule has 12 aromatic rings. The van der Waals surface area contributed by atoms with Gasteiger partial charge in [-0.25, -0.2) is 0 Å². The topological polar surface area (TPSA) is 24.6 Å². The molecule has 0 bridgehead atoms. The van der Waals surface area contributed by atoms with Gasteiger partial charge >= 0.3 is 0 Å². The van der Waals surface area contributed by atoms with E-state index in [1.165, 1.54) is 27.1 Å². The van der Waals surface area contributed by atoms with Crippen molar-refractivity contribution >= 4 is 88.6 Å². The molecule has 0 radical (unpaired) electrons. The number of para-hydroxylation sites is 4. The highest BCUT2D eigenvalue weighted by Gasteiger charge is 2.21. The number of nitrogens with zero attached hydrogens (tertiary/aromatic N) is 3. The smallest absolute Gasteiger partial charge is 0.136 e. The van der Waals surface area contributed by atoms with Gasteiger partial charge in [-0.1, -0.05) is 133 Å². The van der Waals surface area contributed by atoms with Gasteiger partial charge in [0.1, 0.15) is 11.2 Å². The second-order valence-corrected chi connectivity index (χ2v) is 15.8. The fraction of sp³-hybridized carbons (Fsp3) is 0. The van der Waals surface area contributed by atoms with Crippen molar-refractivity contribution in [3.8, 4) is 16.8 Å². The fourth-order valence-electron chi connectivity index (χ4n) is 9.34. The molecule has 4 heteroatoms. The number of benzene rings is 10. The van der Waals surface area contributed by atoms with Gasteiger partial charge in [-0.3, -0.25) is 0 Å². The molecule has 0 aliphatic carbocycles. The predicted octanol–water partition coefficient (Wildman–Crippen LogP) is 16.4. The van der Waals surface area contributed by atoms with E-state index in [0.717, 1.165) is 78.4 Å². The average molecular weight is 794 g/mol. The van der Waals surface area contributed by atoms with Crippen LogP contribution in [0.2, 0.25) is 0 Å². The molecule has 62 heavy (non-hydrogen) atoms. The molecule has 10 aromatic carbocycles. The number of furan rings is 1. The number of aromatic nitrogens is 1. The maximum atomic E-state index is 6.50. The molecule has 4 nitrogen and oxygen atoms in total. The van der Waals surface area contributed by atoms with Crippen molar-refractivity contribution in [2.24, 2.45) is 0 Å².